The van der Waals surface area contributed by atoms with Crippen molar-refractivity contribution in [2.45, 2.75) is 31.9 Å². The van der Waals surface area contributed by atoms with Gasteiger partial charge in [0.25, 0.3) is 0 Å². The zero-order valence-electron chi connectivity index (χ0n) is 18.6. The normalized spacial score (nSPS) is 25.7. The van der Waals surface area contributed by atoms with Crippen LogP contribution in [0.3, 0.4) is 0 Å². The van der Waals surface area contributed by atoms with Gasteiger partial charge in [-0.1, -0.05) is 6.07 Å². The number of H-pyrrole nitrogens is 1. The number of aromatic nitrogens is 3. The quantitative estimate of drug-likeness (QED) is 0.593. The zero-order chi connectivity index (χ0) is 22.9. The van der Waals surface area contributed by atoms with Gasteiger partial charge in [0.05, 0.1) is 36.5 Å². The average Bonchev–Trinajstić information content (AvgIpc) is 3.08. The van der Waals surface area contributed by atoms with Crippen LogP contribution in [0, 0.1) is 18.8 Å². The minimum atomic E-state index is -0.986. The number of aryl methyl sites for hydroxylation is 1. The Kier molecular flexibility index (Phi) is 4.52. The van der Waals surface area contributed by atoms with Crippen molar-refractivity contribution < 1.29 is 19.4 Å². The van der Waals surface area contributed by atoms with Crippen LogP contribution in [-0.4, -0.2) is 58.5 Å². The lowest BCUT2D eigenvalue weighted by Gasteiger charge is -2.28. The van der Waals surface area contributed by atoms with Crippen LogP contribution in [0.5, 0.6) is 5.75 Å². The highest BCUT2D eigenvalue weighted by molar-refractivity contribution is 6.04. The fourth-order valence-corrected chi connectivity index (χ4v) is 5.70. The molecule has 3 aliphatic rings. The van der Waals surface area contributed by atoms with Gasteiger partial charge in [0, 0.05) is 37.4 Å². The number of pyridine rings is 1. The minimum Gasteiger partial charge on any atom is -0.492 e. The van der Waals surface area contributed by atoms with Crippen molar-refractivity contribution >= 4 is 22.7 Å². The molecule has 6 rings (SSSR count). The third kappa shape index (κ3) is 3.13. The molecular formula is C24H26N4O5. The molecule has 172 valence electrons. The van der Waals surface area contributed by atoms with Crippen molar-refractivity contribution in [1.82, 2.24) is 14.5 Å². The Morgan fingerprint density at radius 1 is 1.33 bits per heavy atom. The second-order valence-electron chi connectivity index (χ2n) is 9.26. The van der Waals surface area contributed by atoms with E-state index in [1.807, 2.05) is 17.6 Å². The number of methoxy groups -OCH3 is 1. The Balaban J connectivity index is 1.37. The van der Waals surface area contributed by atoms with Gasteiger partial charge in [-0.15, -0.1) is 0 Å². The summed E-state index contributed by atoms with van der Waals surface area (Å²) in [5.41, 5.74) is 3.12. The molecule has 2 unspecified atom stereocenters. The monoisotopic (exact) mass is 450 g/mol. The summed E-state index contributed by atoms with van der Waals surface area (Å²) in [6, 6.07) is 6.99. The Morgan fingerprint density at radius 2 is 2.09 bits per heavy atom. The van der Waals surface area contributed by atoms with Crippen LogP contribution in [0.2, 0.25) is 0 Å². The van der Waals surface area contributed by atoms with E-state index in [1.54, 1.807) is 19.2 Å². The molecule has 0 radical (unpaired) electrons. The number of aromatic amines is 1. The van der Waals surface area contributed by atoms with Gasteiger partial charge < -0.3 is 29.0 Å². The Bertz CT molecular complexity index is 1310. The van der Waals surface area contributed by atoms with Crippen LogP contribution in [0.4, 0.5) is 5.69 Å². The lowest BCUT2D eigenvalue weighted by atomic mass is 10.1. The third-order valence-corrected chi connectivity index (χ3v) is 7.44. The van der Waals surface area contributed by atoms with Crippen molar-refractivity contribution in [3.05, 3.63) is 51.7 Å². The molecule has 2 saturated heterocycles. The first-order valence-electron chi connectivity index (χ1n) is 11.3. The molecule has 4 heterocycles. The van der Waals surface area contributed by atoms with Crippen molar-refractivity contribution in [3.63, 3.8) is 0 Å². The van der Waals surface area contributed by atoms with E-state index in [2.05, 4.69) is 9.88 Å². The fourth-order valence-electron chi connectivity index (χ4n) is 5.70. The van der Waals surface area contributed by atoms with Gasteiger partial charge in [-0.25, -0.2) is 9.78 Å². The van der Waals surface area contributed by atoms with Gasteiger partial charge in [-0.2, -0.15) is 0 Å². The van der Waals surface area contributed by atoms with Crippen LogP contribution in [-0.2, 0) is 11.3 Å². The van der Waals surface area contributed by atoms with Crippen molar-refractivity contribution in [2.75, 3.05) is 31.7 Å². The summed E-state index contributed by atoms with van der Waals surface area (Å²) < 4.78 is 13.4. The maximum atomic E-state index is 12.3. The van der Waals surface area contributed by atoms with Gasteiger partial charge in [-0.05, 0) is 37.3 Å². The number of imidazole rings is 1. The smallest absolute Gasteiger partial charge is 0.338 e. The molecule has 2 aliphatic heterocycles. The molecule has 0 bridgehead atoms. The van der Waals surface area contributed by atoms with Crippen molar-refractivity contribution in [1.29, 1.82) is 0 Å². The molecule has 9 heteroatoms. The molecule has 33 heavy (non-hydrogen) atoms. The molecule has 9 nitrogen and oxygen atoms in total. The second-order valence-corrected chi connectivity index (χ2v) is 9.26. The van der Waals surface area contributed by atoms with Crippen LogP contribution in [0.15, 0.2) is 29.1 Å². The van der Waals surface area contributed by atoms with Gasteiger partial charge in [0.1, 0.15) is 11.3 Å². The number of hydrogen-bond acceptors (Lipinski definition) is 6. The Morgan fingerprint density at radius 3 is 2.70 bits per heavy atom. The van der Waals surface area contributed by atoms with Crippen LogP contribution in [0.1, 0.15) is 34.2 Å². The van der Waals surface area contributed by atoms with Crippen molar-refractivity contribution in [2.24, 2.45) is 11.8 Å². The molecule has 1 saturated carbocycles. The first-order valence-corrected chi connectivity index (χ1v) is 11.3. The molecule has 1 aliphatic carbocycles. The van der Waals surface area contributed by atoms with E-state index in [0.717, 1.165) is 30.1 Å². The average molecular weight is 450 g/mol. The standard InChI is InChI=1S/C24H26N4O5/c1-12-25-21-18(28(12)9-13-6-7-33-13)8-14(24(30)31)22(23(21)32-2)27-10-15-16(11-27)20(15)17-4-3-5-19(29)26-17/h3-5,8,13,15-16,20H,6-7,9-11H2,1-2H3,(H,26,29)(H,30,31)/t13-,15?,16?,20?/m0/s1. The van der Waals surface area contributed by atoms with E-state index in [0.29, 0.717) is 54.3 Å². The first kappa shape index (κ1) is 20.3. The number of piperidine rings is 1. The van der Waals surface area contributed by atoms with E-state index in [-0.39, 0.29) is 17.2 Å². The zero-order valence-corrected chi connectivity index (χ0v) is 18.6. The molecule has 1 aromatic carbocycles. The Hall–Kier alpha value is -3.33. The summed E-state index contributed by atoms with van der Waals surface area (Å²) in [5, 5.41) is 10.1. The lowest BCUT2D eigenvalue weighted by molar-refractivity contribution is -0.0589. The molecule has 2 aromatic heterocycles. The number of anilines is 1. The SMILES string of the molecule is COc1c(N2CC3C(C2)C3c2cccc(=O)[nH]2)c(C(=O)O)cc2c1nc(C)n2C[C@@H]1CCO1. The molecule has 0 amide bonds. The summed E-state index contributed by atoms with van der Waals surface area (Å²) >= 11 is 0. The highest BCUT2D eigenvalue weighted by Crippen LogP contribution is 2.59. The van der Waals surface area contributed by atoms with Gasteiger partial charge in [-0.3, -0.25) is 4.79 Å². The van der Waals surface area contributed by atoms with Gasteiger partial charge >= 0.3 is 5.97 Å². The number of nitrogens with one attached hydrogen (secondary N) is 1. The minimum absolute atomic E-state index is 0.0899. The van der Waals surface area contributed by atoms with E-state index in [1.165, 1.54) is 6.07 Å². The largest absolute Gasteiger partial charge is 0.492 e. The number of hydrogen-bond donors (Lipinski definition) is 2. The van der Waals surface area contributed by atoms with Crippen LogP contribution in [0.25, 0.3) is 11.0 Å². The predicted molar refractivity (Wildman–Crippen MR) is 121 cm³/mol. The Labute approximate surface area is 189 Å². The van der Waals surface area contributed by atoms with E-state index >= 15 is 0 Å². The molecule has 3 atom stereocenters. The first-order chi connectivity index (χ1) is 16.0. The number of fused-ring (bicyclic) bond motifs is 2. The maximum Gasteiger partial charge on any atom is 0.338 e. The van der Waals surface area contributed by atoms with E-state index in [4.69, 9.17) is 14.5 Å². The number of benzene rings is 1. The topological polar surface area (TPSA) is 110 Å². The van der Waals surface area contributed by atoms with E-state index < -0.39 is 5.97 Å². The maximum absolute atomic E-state index is 12.3. The summed E-state index contributed by atoms with van der Waals surface area (Å²) in [5.74, 6) is 1.39. The highest BCUT2D eigenvalue weighted by Gasteiger charge is 2.57. The summed E-state index contributed by atoms with van der Waals surface area (Å²) in [7, 11) is 1.57. The number of rotatable bonds is 6. The third-order valence-electron chi connectivity index (χ3n) is 7.44. The molecule has 3 fully saturated rings. The predicted octanol–water partition coefficient (Wildman–Crippen LogP) is 2.38. The number of nitrogens with zero attached hydrogens (tertiary/aromatic N) is 3. The number of carbonyl (C=O) groups is 1. The van der Waals surface area contributed by atoms with Crippen molar-refractivity contribution in [3.8, 4) is 5.75 Å². The number of ether oxygens (including phenoxy) is 2. The number of carboxylic acids is 1. The second kappa shape index (κ2) is 7.34. The molecule has 0 spiro atoms. The van der Waals surface area contributed by atoms with Gasteiger partial charge in [0.2, 0.25) is 5.56 Å². The summed E-state index contributed by atoms with van der Waals surface area (Å²) in [6.45, 7) is 4.76. The van der Waals surface area contributed by atoms with E-state index in [9.17, 15) is 14.7 Å². The van der Waals surface area contributed by atoms with Crippen LogP contribution < -0.4 is 15.2 Å². The summed E-state index contributed by atoms with van der Waals surface area (Å²) in [4.78, 5) is 33.9. The van der Waals surface area contributed by atoms with Gasteiger partial charge in [0.15, 0.2) is 5.75 Å². The van der Waals surface area contributed by atoms with Crippen LogP contribution >= 0.6 is 0 Å². The molecular weight excluding hydrogens is 424 g/mol. The molecule has 3 aromatic rings. The molecule has 2 N–H and O–H groups in total. The number of aromatic carboxylic acids is 1. The number of carboxylic acid groups (broad SMARTS) is 1. The lowest BCUT2D eigenvalue weighted by Crippen LogP contribution is -2.31. The fraction of sp³-hybridized carbons (Fsp3) is 0.458. The summed E-state index contributed by atoms with van der Waals surface area (Å²) in [6.07, 6.45) is 1.12. The highest BCUT2D eigenvalue weighted by atomic mass is 16.5.